The molecule has 108 valence electrons. The Hall–Kier alpha value is -2.29. The van der Waals surface area contributed by atoms with E-state index in [4.69, 9.17) is 4.74 Å². The fourth-order valence-electron chi connectivity index (χ4n) is 2.00. The number of nitriles is 1. The average molecular weight is 324 g/mol. The van der Waals surface area contributed by atoms with E-state index in [-0.39, 0.29) is 0 Å². The maximum atomic E-state index is 9.38. The maximum Gasteiger partial charge on any atom is 0.156 e. The van der Waals surface area contributed by atoms with Gasteiger partial charge in [-0.3, -0.25) is 0 Å². The number of thiazole rings is 1. The van der Waals surface area contributed by atoms with Gasteiger partial charge in [0.1, 0.15) is 11.8 Å². The van der Waals surface area contributed by atoms with Gasteiger partial charge in [-0.25, -0.2) is 4.98 Å². The zero-order valence-corrected chi connectivity index (χ0v) is 13.4. The molecule has 1 aromatic heterocycles. The molecular formula is C17H12N2OS2. The first-order chi connectivity index (χ1) is 10.8. The molecule has 0 aliphatic heterocycles. The number of methoxy groups -OCH3 is 1. The molecular weight excluding hydrogens is 312 g/mol. The largest absolute Gasteiger partial charge is 0.496 e. The third kappa shape index (κ3) is 3.14. The number of aromatic nitrogens is 1. The van der Waals surface area contributed by atoms with Crippen LogP contribution in [-0.4, -0.2) is 12.1 Å². The second-order valence-electron chi connectivity index (χ2n) is 4.41. The van der Waals surface area contributed by atoms with Gasteiger partial charge in [0.2, 0.25) is 0 Å². The van der Waals surface area contributed by atoms with Crippen LogP contribution in [0.2, 0.25) is 0 Å². The summed E-state index contributed by atoms with van der Waals surface area (Å²) in [5.74, 6) is 0.750. The zero-order chi connectivity index (χ0) is 15.4. The van der Waals surface area contributed by atoms with Gasteiger partial charge in [0, 0.05) is 5.56 Å². The van der Waals surface area contributed by atoms with E-state index < -0.39 is 0 Å². The van der Waals surface area contributed by atoms with Crippen LogP contribution in [0, 0.1) is 11.3 Å². The summed E-state index contributed by atoms with van der Waals surface area (Å²) in [4.78, 5) is 5.13. The van der Waals surface area contributed by atoms with Crippen LogP contribution in [0.1, 0.15) is 5.56 Å². The number of allylic oxidation sites excluding steroid dienone is 1. The van der Waals surface area contributed by atoms with Crippen molar-refractivity contribution in [2.45, 2.75) is 4.34 Å². The predicted octanol–water partition coefficient (Wildman–Crippen LogP) is 4.96. The van der Waals surface area contributed by atoms with E-state index in [1.807, 2.05) is 54.6 Å². The van der Waals surface area contributed by atoms with Gasteiger partial charge in [0.25, 0.3) is 0 Å². The van der Waals surface area contributed by atoms with Gasteiger partial charge in [0.15, 0.2) is 4.34 Å². The molecule has 5 heteroatoms. The number of rotatable bonds is 4. The van der Waals surface area contributed by atoms with Gasteiger partial charge >= 0.3 is 0 Å². The molecule has 2 aromatic carbocycles. The van der Waals surface area contributed by atoms with Crippen molar-refractivity contribution in [1.82, 2.24) is 4.98 Å². The van der Waals surface area contributed by atoms with Crippen molar-refractivity contribution in [1.29, 1.82) is 5.26 Å². The smallest absolute Gasteiger partial charge is 0.156 e. The van der Waals surface area contributed by atoms with Crippen LogP contribution >= 0.6 is 23.1 Å². The molecule has 0 bridgehead atoms. The highest BCUT2D eigenvalue weighted by Gasteiger charge is 2.08. The Morgan fingerprint density at radius 1 is 1.23 bits per heavy atom. The average Bonchev–Trinajstić information content (AvgIpc) is 2.97. The van der Waals surface area contributed by atoms with Crippen LogP contribution in [0.5, 0.6) is 5.75 Å². The number of hydrogen-bond acceptors (Lipinski definition) is 5. The molecule has 3 rings (SSSR count). The van der Waals surface area contributed by atoms with Gasteiger partial charge < -0.3 is 4.74 Å². The van der Waals surface area contributed by atoms with Crippen molar-refractivity contribution in [3.05, 3.63) is 59.0 Å². The topological polar surface area (TPSA) is 45.9 Å². The van der Waals surface area contributed by atoms with Gasteiger partial charge in [-0.05, 0) is 36.0 Å². The van der Waals surface area contributed by atoms with E-state index in [1.54, 1.807) is 18.4 Å². The monoisotopic (exact) mass is 324 g/mol. The van der Waals surface area contributed by atoms with Crippen LogP contribution < -0.4 is 4.74 Å². The normalized spacial score (nSPS) is 11.4. The van der Waals surface area contributed by atoms with Gasteiger partial charge in [0.05, 0.1) is 22.2 Å². The molecule has 0 spiro atoms. The first-order valence-electron chi connectivity index (χ1n) is 6.58. The molecule has 0 amide bonds. The standard InChI is InChI=1S/C17H12N2OS2/c1-20-15-8-4-2-6-12(15)10-13(11-18)21-17-19-14-7-3-5-9-16(14)22-17/h2-10H,1H3/b13-10+. The summed E-state index contributed by atoms with van der Waals surface area (Å²) in [5, 5.41) is 9.38. The van der Waals surface area contributed by atoms with Crippen molar-refractivity contribution in [3.8, 4) is 11.8 Å². The summed E-state index contributed by atoms with van der Waals surface area (Å²) in [5.41, 5.74) is 1.85. The molecule has 0 unspecified atom stereocenters. The third-order valence-corrected chi connectivity index (χ3v) is 5.03. The van der Waals surface area contributed by atoms with Gasteiger partial charge in [-0.15, -0.1) is 11.3 Å². The van der Waals surface area contributed by atoms with Crippen LogP contribution in [0.25, 0.3) is 16.3 Å². The third-order valence-electron chi connectivity index (χ3n) is 3.01. The van der Waals surface area contributed by atoms with Crippen LogP contribution in [0.4, 0.5) is 0 Å². The minimum absolute atomic E-state index is 0.587. The molecule has 3 nitrogen and oxygen atoms in total. The number of benzene rings is 2. The second-order valence-corrected chi connectivity index (χ2v) is 6.73. The van der Waals surface area contributed by atoms with E-state index in [1.165, 1.54) is 11.8 Å². The van der Waals surface area contributed by atoms with Crippen molar-refractivity contribution < 1.29 is 4.74 Å². The summed E-state index contributed by atoms with van der Waals surface area (Å²) < 4.78 is 7.30. The zero-order valence-electron chi connectivity index (χ0n) is 11.8. The number of fused-ring (bicyclic) bond motifs is 1. The predicted molar refractivity (Wildman–Crippen MR) is 92.1 cm³/mol. The SMILES string of the molecule is COc1ccccc1/C=C(\C#N)Sc1nc2ccccc2s1. The lowest BCUT2D eigenvalue weighted by Gasteiger charge is -2.04. The molecule has 0 saturated carbocycles. The lowest BCUT2D eigenvalue weighted by Crippen LogP contribution is -1.86. The molecule has 0 saturated heterocycles. The second kappa shape index (κ2) is 6.65. The molecule has 22 heavy (non-hydrogen) atoms. The Labute approximate surface area is 136 Å². The van der Waals surface area contributed by atoms with Crippen LogP contribution in [0.15, 0.2) is 57.8 Å². The Balaban J connectivity index is 1.91. The van der Waals surface area contributed by atoms with Crippen molar-refractivity contribution in [2.75, 3.05) is 7.11 Å². The summed E-state index contributed by atoms with van der Waals surface area (Å²) in [6.45, 7) is 0. The van der Waals surface area contributed by atoms with Crippen molar-refractivity contribution in [2.24, 2.45) is 0 Å². The van der Waals surface area contributed by atoms with E-state index in [0.717, 1.165) is 25.9 Å². The Kier molecular flexibility index (Phi) is 4.42. The van der Waals surface area contributed by atoms with E-state index in [9.17, 15) is 5.26 Å². The summed E-state index contributed by atoms with van der Waals surface area (Å²) in [7, 11) is 1.62. The van der Waals surface area contributed by atoms with E-state index in [0.29, 0.717) is 4.91 Å². The Bertz CT molecular complexity index is 844. The van der Waals surface area contributed by atoms with Gasteiger partial charge in [-0.2, -0.15) is 5.26 Å². The van der Waals surface area contributed by atoms with Crippen molar-refractivity contribution >= 4 is 39.4 Å². The van der Waals surface area contributed by atoms with Gasteiger partial charge in [-0.1, -0.05) is 30.3 Å². The summed E-state index contributed by atoms with van der Waals surface area (Å²) in [6, 6.07) is 17.8. The van der Waals surface area contributed by atoms with Crippen molar-refractivity contribution in [3.63, 3.8) is 0 Å². The first-order valence-corrected chi connectivity index (χ1v) is 8.21. The quantitative estimate of drug-likeness (QED) is 0.502. The van der Waals surface area contributed by atoms with Crippen LogP contribution in [-0.2, 0) is 0 Å². The lowest BCUT2D eigenvalue weighted by atomic mass is 10.2. The summed E-state index contributed by atoms with van der Waals surface area (Å²) >= 11 is 2.97. The molecule has 0 atom stereocenters. The maximum absolute atomic E-state index is 9.38. The number of hydrogen-bond donors (Lipinski definition) is 0. The molecule has 0 radical (unpaired) electrons. The molecule has 0 fully saturated rings. The Morgan fingerprint density at radius 2 is 2.00 bits per heavy atom. The molecule has 3 aromatic rings. The fraction of sp³-hybridized carbons (Fsp3) is 0.0588. The highest BCUT2D eigenvalue weighted by molar-refractivity contribution is 8.05. The van der Waals surface area contributed by atoms with E-state index >= 15 is 0 Å². The number of ether oxygens (including phenoxy) is 1. The number of thioether (sulfide) groups is 1. The minimum atomic E-state index is 0.587. The number of nitrogens with zero attached hydrogens (tertiary/aromatic N) is 2. The molecule has 0 N–H and O–H groups in total. The lowest BCUT2D eigenvalue weighted by molar-refractivity contribution is 0.414. The highest BCUT2D eigenvalue weighted by Crippen LogP contribution is 2.35. The molecule has 1 heterocycles. The Morgan fingerprint density at radius 3 is 2.77 bits per heavy atom. The van der Waals surface area contributed by atoms with Crippen LogP contribution in [0.3, 0.4) is 0 Å². The molecule has 0 aliphatic rings. The minimum Gasteiger partial charge on any atom is -0.496 e. The molecule has 0 aliphatic carbocycles. The number of para-hydroxylation sites is 2. The summed E-state index contributed by atoms with van der Waals surface area (Å²) in [6.07, 6.45) is 1.83. The van der Waals surface area contributed by atoms with E-state index in [2.05, 4.69) is 11.1 Å². The first kappa shape index (κ1) is 14.6. The fourth-order valence-corrected chi connectivity index (χ4v) is 3.97. The highest BCUT2D eigenvalue weighted by atomic mass is 32.2.